The van der Waals surface area contributed by atoms with Crippen LogP contribution in [0.25, 0.3) is 0 Å². The summed E-state index contributed by atoms with van der Waals surface area (Å²) >= 11 is 0. The van der Waals surface area contributed by atoms with Gasteiger partial charge in [-0.2, -0.15) is 0 Å². The Bertz CT molecular complexity index is 580. The van der Waals surface area contributed by atoms with E-state index >= 15 is 0 Å². The lowest BCUT2D eigenvalue weighted by Gasteiger charge is -2.19. The van der Waals surface area contributed by atoms with Gasteiger partial charge in [-0.05, 0) is 32.6 Å². The van der Waals surface area contributed by atoms with Gasteiger partial charge in [0, 0.05) is 25.1 Å². The molecule has 0 aromatic carbocycles. The van der Waals surface area contributed by atoms with Crippen LogP contribution in [0.3, 0.4) is 0 Å². The topological polar surface area (TPSA) is 83.6 Å². The highest BCUT2D eigenvalue weighted by Gasteiger charge is 2.43. The average molecular weight is 292 g/mol. The molecule has 1 aromatic heterocycles. The predicted molar refractivity (Wildman–Crippen MR) is 74.0 cm³/mol. The van der Waals surface area contributed by atoms with E-state index in [0.29, 0.717) is 18.7 Å². The third kappa shape index (κ3) is 2.43. The van der Waals surface area contributed by atoms with Crippen molar-refractivity contribution in [3.63, 3.8) is 0 Å². The molecule has 2 heterocycles. The molecule has 1 N–H and O–H groups in total. The van der Waals surface area contributed by atoms with Crippen LogP contribution < -0.4 is 0 Å². The highest BCUT2D eigenvalue weighted by Crippen LogP contribution is 2.32. The number of carboxylic acids is 1. The predicted octanol–water partition coefficient (Wildman–Crippen LogP) is 1.88. The first-order valence-corrected chi connectivity index (χ1v) is 7.51. The lowest BCUT2D eigenvalue weighted by atomic mass is 9.90. The molecule has 0 saturated carbocycles. The summed E-state index contributed by atoms with van der Waals surface area (Å²) in [5, 5.41) is 13.2. The second kappa shape index (κ2) is 5.16. The molecule has 1 aliphatic heterocycles. The number of carboxylic acid groups (broad SMARTS) is 1. The molecule has 3 rings (SSSR count). The monoisotopic (exact) mass is 292 g/mol. The average Bonchev–Trinajstić information content (AvgIpc) is 2.97. The third-order valence-corrected chi connectivity index (χ3v) is 4.68. The maximum Gasteiger partial charge on any atom is 0.311 e. The molecule has 1 amide bonds. The molecule has 1 fully saturated rings. The van der Waals surface area contributed by atoms with E-state index in [-0.39, 0.29) is 12.5 Å². The lowest BCUT2D eigenvalue weighted by Crippen LogP contribution is -2.35. The van der Waals surface area contributed by atoms with Gasteiger partial charge in [0.2, 0.25) is 0 Å². The van der Waals surface area contributed by atoms with Gasteiger partial charge in [0.1, 0.15) is 5.76 Å². The molecule has 21 heavy (non-hydrogen) atoms. The second-order valence-corrected chi connectivity index (χ2v) is 6.34. The quantitative estimate of drug-likeness (QED) is 0.841. The number of carbonyl (C=O) groups excluding carboxylic acids is 1. The van der Waals surface area contributed by atoms with E-state index in [1.165, 1.54) is 0 Å². The fourth-order valence-electron chi connectivity index (χ4n) is 3.19. The fraction of sp³-hybridized carbons (Fsp3) is 0.667. The van der Waals surface area contributed by atoms with E-state index in [1.807, 2.05) is 0 Å². The van der Waals surface area contributed by atoms with Crippen LogP contribution in [0.1, 0.15) is 54.4 Å². The van der Waals surface area contributed by atoms with Crippen LogP contribution in [0.5, 0.6) is 0 Å². The molecule has 0 spiro atoms. The standard InChI is InChI=1S/C15H20N2O4/c1-15(14(19)20)7-8-17(9-15)13(18)12-10-5-3-2-4-6-11(10)21-16-12/h2-9H2,1H3,(H,19,20). The Kier molecular flexibility index (Phi) is 3.47. The molecule has 0 radical (unpaired) electrons. The van der Waals surface area contributed by atoms with Crippen LogP contribution in [-0.4, -0.2) is 40.1 Å². The summed E-state index contributed by atoms with van der Waals surface area (Å²) in [4.78, 5) is 25.5. The van der Waals surface area contributed by atoms with Crippen molar-refractivity contribution in [2.24, 2.45) is 5.41 Å². The van der Waals surface area contributed by atoms with E-state index in [0.717, 1.165) is 43.4 Å². The Morgan fingerprint density at radius 3 is 2.76 bits per heavy atom. The maximum absolute atomic E-state index is 12.6. The molecule has 1 saturated heterocycles. The number of carbonyl (C=O) groups is 2. The van der Waals surface area contributed by atoms with Crippen LogP contribution in [0, 0.1) is 5.41 Å². The largest absolute Gasteiger partial charge is 0.481 e. The zero-order valence-corrected chi connectivity index (χ0v) is 12.2. The molecule has 1 aliphatic carbocycles. The molecule has 114 valence electrons. The van der Waals surface area contributed by atoms with Gasteiger partial charge in [-0.3, -0.25) is 9.59 Å². The van der Waals surface area contributed by atoms with Crippen molar-refractivity contribution >= 4 is 11.9 Å². The Morgan fingerprint density at radius 1 is 1.29 bits per heavy atom. The SMILES string of the molecule is CC1(C(=O)O)CCN(C(=O)c2noc3c2CCCCC3)C1. The highest BCUT2D eigenvalue weighted by atomic mass is 16.5. The van der Waals surface area contributed by atoms with E-state index in [1.54, 1.807) is 11.8 Å². The Labute approximate surface area is 123 Å². The number of aromatic nitrogens is 1. The maximum atomic E-state index is 12.6. The fourth-order valence-corrected chi connectivity index (χ4v) is 3.19. The molecule has 6 heteroatoms. The first kappa shape index (κ1) is 14.1. The number of hydrogen-bond acceptors (Lipinski definition) is 4. The molecule has 1 aromatic rings. The van der Waals surface area contributed by atoms with Crippen molar-refractivity contribution in [3.8, 4) is 0 Å². The normalized spacial score (nSPS) is 25.5. The third-order valence-electron chi connectivity index (χ3n) is 4.68. The minimum Gasteiger partial charge on any atom is -0.481 e. The summed E-state index contributed by atoms with van der Waals surface area (Å²) < 4.78 is 5.33. The molecule has 2 aliphatic rings. The van der Waals surface area contributed by atoms with Gasteiger partial charge in [-0.15, -0.1) is 0 Å². The van der Waals surface area contributed by atoms with E-state index < -0.39 is 11.4 Å². The van der Waals surface area contributed by atoms with E-state index in [4.69, 9.17) is 4.52 Å². The van der Waals surface area contributed by atoms with Gasteiger partial charge in [0.15, 0.2) is 5.69 Å². The molecular weight excluding hydrogens is 272 g/mol. The van der Waals surface area contributed by atoms with Crippen LogP contribution in [0.15, 0.2) is 4.52 Å². The van der Waals surface area contributed by atoms with Crippen molar-refractivity contribution < 1.29 is 19.2 Å². The van der Waals surface area contributed by atoms with Crippen LogP contribution in [-0.2, 0) is 17.6 Å². The summed E-state index contributed by atoms with van der Waals surface area (Å²) in [5.41, 5.74) is 0.471. The van der Waals surface area contributed by atoms with Gasteiger partial charge >= 0.3 is 5.97 Å². The van der Waals surface area contributed by atoms with Gasteiger partial charge in [0.25, 0.3) is 5.91 Å². The number of aryl methyl sites for hydroxylation is 1. The highest BCUT2D eigenvalue weighted by molar-refractivity contribution is 5.94. The zero-order chi connectivity index (χ0) is 15.0. The van der Waals surface area contributed by atoms with Gasteiger partial charge in [-0.1, -0.05) is 11.6 Å². The van der Waals surface area contributed by atoms with Crippen molar-refractivity contribution in [2.75, 3.05) is 13.1 Å². The Hall–Kier alpha value is -1.85. The number of aliphatic carboxylic acids is 1. The minimum atomic E-state index is -0.851. The Morgan fingerprint density at radius 2 is 2.05 bits per heavy atom. The molecule has 1 atom stereocenters. The smallest absolute Gasteiger partial charge is 0.311 e. The lowest BCUT2D eigenvalue weighted by molar-refractivity contribution is -0.147. The van der Waals surface area contributed by atoms with Crippen molar-refractivity contribution in [1.29, 1.82) is 0 Å². The number of nitrogens with zero attached hydrogens (tertiary/aromatic N) is 2. The first-order chi connectivity index (χ1) is 10.0. The first-order valence-electron chi connectivity index (χ1n) is 7.51. The van der Waals surface area contributed by atoms with Crippen molar-refractivity contribution in [3.05, 3.63) is 17.0 Å². The number of fused-ring (bicyclic) bond motifs is 1. The van der Waals surface area contributed by atoms with Gasteiger partial charge in [-0.25, -0.2) is 0 Å². The summed E-state index contributed by atoms with van der Waals surface area (Å²) in [6.07, 6.45) is 5.39. The summed E-state index contributed by atoms with van der Waals surface area (Å²) in [5.74, 6) is -0.209. The number of amides is 1. The molecule has 0 bridgehead atoms. The van der Waals surface area contributed by atoms with E-state index in [9.17, 15) is 14.7 Å². The van der Waals surface area contributed by atoms with E-state index in [2.05, 4.69) is 5.16 Å². The molecule has 1 unspecified atom stereocenters. The zero-order valence-electron chi connectivity index (χ0n) is 12.2. The summed E-state index contributed by atoms with van der Waals surface area (Å²) in [6.45, 7) is 2.39. The second-order valence-electron chi connectivity index (χ2n) is 6.34. The number of hydrogen-bond donors (Lipinski definition) is 1. The number of rotatable bonds is 2. The number of likely N-dealkylation sites (tertiary alicyclic amines) is 1. The summed E-state index contributed by atoms with van der Waals surface area (Å²) in [7, 11) is 0. The van der Waals surface area contributed by atoms with Gasteiger partial charge in [0.05, 0.1) is 5.41 Å². The Balaban J connectivity index is 1.81. The van der Waals surface area contributed by atoms with Crippen LogP contribution >= 0.6 is 0 Å². The van der Waals surface area contributed by atoms with Crippen molar-refractivity contribution in [1.82, 2.24) is 10.1 Å². The molecule has 6 nitrogen and oxygen atoms in total. The van der Waals surface area contributed by atoms with Gasteiger partial charge < -0.3 is 14.5 Å². The van der Waals surface area contributed by atoms with Crippen molar-refractivity contribution in [2.45, 2.75) is 45.4 Å². The summed E-state index contributed by atoms with van der Waals surface area (Å²) in [6, 6.07) is 0. The molecular formula is C15H20N2O4. The van der Waals surface area contributed by atoms with Crippen LogP contribution in [0.4, 0.5) is 0 Å². The van der Waals surface area contributed by atoms with Crippen LogP contribution in [0.2, 0.25) is 0 Å². The minimum absolute atomic E-state index is 0.188.